The highest BCUT2D eigenvalue weighted by molar-refractivity contribution is 7.86. The van der Waals surface area contributed by atoms with Crippen LogP contribution in [-0.2, 0) is 10.1 Å². The predicted octanol–water partition coefficient (Wildman–Crippen LogP) is 2.12. The van der Waals surface area contributed by atoms with Crippen LogP contribution in [0.2, 0.25) is 0 Å². The van der Waals surface area contributed by atoms with Gasteiger partial charge < -0.3 is 0 Å². The first-order valence-electron chi connectivity index (χ1n) is 4.84. The zero-order chi connectivity index (χ0) is 11.5. The Morgan fingerprint density at radius 1 is 1.53 bits per heavy atom. The lowest BCUT2D eigenvalue weighted by molar-refractivity contribution is 0.461. The smallest absolute Gasteiger partial charge is 0.273 e. The van der Waals surface area contributed by atoms with Crippen molar-refractivity contribution in [1.82, 2.24) is 4.98 Å². The molecule has 84 valence electrons. The molecule has 1 aromatic heterocycles. The van der Waals surface area contributed by atoms with Gasteiger partial charge in [-0.15, -0.1) is 0 Å². The van der Waals surface area contributed by atoms with Gasteiger partial charge >= 0.3 is 0 Å². The molecule has 0 radical (unpaired) electrons. The van der Waals surface area contributed by atoms with E-state index in [4.69, 9.17) is 4.55 Å². The molecule has 0 saturated heterocycles. The van der Waals surface area contributed by atoms with E-state index in [-0.39, 0.29) is 0 Å². The second-order valence-corrected chi connectivity index (χ2v) is 5.15. The summed E-state index contributed by atoms with van der Waals surface area (Å²) in [5, 5.41) is -0.901. The van der Waals surface area contributed by atoms with E-state index in [1.54, 1.807) is 18.3 Å². The Hall–Kier alpha value is -0.940. The molecule has 5 heteroatoms. The Morgan fingerprint density at radius 3 is 2.67 bits per heavy atom. The molecule has 1 unspecified atom stereocenters. The number of hydrogen-bond donors (Lipinski definition) is 1. The van der Waals surface area contributed by atoms with E-state index in [2.05, 4.69) is 4.98 Å². The summed E-state index contributed by atoms with van der Waals surface area (Å²) >= 11 is 0. The van der Waals surface area contributed by atoms with Crippen LogP contribution in [0.25, 0.3) is 0 Å². The molecule has 0 bridgehead atoms. The first-order chi connectivity index (χ1) is 6.95. The number of aryl methyl sites for hydroxylation is 1. The molecule has 0 aliphatic rings. The number of rotatable bonds is 4. The lowest BCUT2D eigenvalue weighted by Crippen LogP contribution is -2.13. The van der Waals surface area contributed by atoms with Crippen LogP contribution in [0.4, 0.5) is 0 Å². The monoisotopic (exact) mass is 229 g/mol. The molecule has 1 atom stereocenters. The summed E-state index contributed by atoms with van der Waals surface area (Å²) in [6, 6.07) is 3.48. The minimum absolute atomic E-state index is 0.384. The van der Waals surface area contributed by atoms with Crippen LogP contribution in [0, 0.1) is 6.92 Å². The minimum Gasteiger partial charge on any atom is -0.285 e. The van der Waals surface area contributed by atoms with Crippen molar-refractivity contribution in [3.63, 3.8) is 0 Å². The molecule has 0 aliphatic carbocycles. The van der Waals surface area contributed by atoms with Crippen LogP contribution in [0.1, 0.15) is 36.3 Å². The molecule has 1 rings (SSSR count). The number of aromatic nitrogens is 1. The van der Waals surface area contributed by atoms with Crippen LogP contribution >= 0.6 is 0 Å². The standard InChI is InChI=1S/C10H15NO3S/c1-3-4-10(15(12,13)14)9-7-8(2)5-6-11-9/h5-7,10H,3-4H2,1-2H3,(H,12,13,14). The molecule has 4 nitrogen and oxygen atoms in total. The number of hydrogen-bond acceptors (Lipinski definition) is 3. The first kappa shape index (κ1) is 12.1. The van der Waals surface area contributed by atoms with Crippen molar-refractivity contribution in [2.45, 2.75) is 31.9 Å². The minimum atomic E-state index is -4.06. The zero-order valence-corrected chi connectivity index (χ0v) is 9.66. The highest BCUT2D eigenvalue weighted by Gasteiger charge is 2.25. The van der Waals surface area contributed by atoms with E-state index < -0.39 is 15.4 Å². The van der Waals surface area contributed by atoms with Crippen molar-refractivity contribution >= 4 is 10.1 Å². The Bertz CT molecular complexity index is 428. The molecule has 0 aromatic carbocycles. The summed E-state index contributed by atoms with van der Waals surface area (Å²) in [5.41, 5.74) is 1.35. The van der Waals surface area contributed by atoms with Crippen molar-refractivity contribution in [3.8, 4) is 0 Å². The molecular weight excluding hydrogens is 214 g/mol. The zero-order valence-electron chi connectivity index (χ0n) is 8.84. The second-order valence-electron chi connectivity index (χ2n) is 3.55. The van der Waals surface area contributed by atoms with Crippen LogP contribution in [-0.4, -0.2) is 18.0 Å². The average Bonchev–Trinajstić information content (AvgIpc) is 2.12. The largest absolute Gasteiger partial charge is 0.285 e. The number of pyridine rings is 1. The molecule has 0 amide bonds. The molecule has 1 aromatic rings. The number of nitrogens with zero attached hydrogens (tertiary/aromatic N) is 1. The molecule has 15 heavy (non-hydrogen) atoms. The van der Waals surface area contributed by atoms with Crippen molar-refractivity contribution in [2.24, 2.45) is 0 Å². The normalized spacial score (nSPS) is 13.8. The third kappa shape index (κ3) is 3.28. The van der Waals surface area contributed by atoms with Crippen LogP contribution in [0.3, 0.4) is 0 Å². The molecule has 0 aliphatic heterocycles. The van der Waals surface area contributed by atoms with Gasteiger partial charge in [-0.1, -0.05) is 13.3 Å². The lowest BCUT2D eigenvalue weighted by atomic mass is 10.1. The molecular formula is C10H15NO3S. The van der Waals surface area contributed by atoms with E-state index in [1.165, 1.54) is 0 Å². The van der Waals surface area contributed by atoms with Gasteiger partial charge in [0.05, 0.1) is 5.69 Å². The Kier molecular flexibility index (Phi) is 3.82. The third-order valence-corrected chi connectivity index (χ3v) is 3.37. The highest BCUT2D eigenvalue weighted by atomic mass is 32.2. The van der Waals surface area contributed by atoms with Gasteiger partial charge in [0.15, 0.2) is 0 Å². The maximum atomic E-state index is 11.1. The molecule has 1 N–H and O–H groups in total. The van der Waals surface area contributed by atoms with Gasteiger partial charge in [0.2, 0.25) is 0 Å². The summed E-state index contributed by atoms with van der Waals surface area (Å²) in [5.74, 6) is 0. The summed E-state index contributed by atoms with van der Waals surface area (Å²) in [6.45, 7) is 3.73. The van der Waals surface area contributed by atoms with Crippen LogP contribution < -0.4 is 0 Å². The van der Waals surface area contributed by atoms with Crippen molar-refractivity contribution < 1.29 is 13.0 Å². The Balaban J connectivity index is 3.10. The lowest BCUT2D eigenvalue weighted by Gasteiger charge is -2.12. The second kappa shape index (κ2) is 4.72. The van der Waals surface area contributed by atoms with E-state index in [9.17, 15) is 8.42 Å². The Labute approximate surface area is 90.1 Å². The van der Waals surface area contributed by atoms with Crippen LogP contribution in [0.15, 0.2) is 18.3 Å². The average molecular weight is 229 g/mol. The Morgan fingerprint density at radius 2 is 2.20 bits per heavy atom. The van der Waals surface area contributed by atoms with E-state index in [1.807, 2.05) is 13.8 Å². The van der Waals surface area contributed by atoms with Gasteiger partial charge in [-0.25, -0.2) is 0 Å². The molecule has 0 fully saturated rings. The van der Waals surface area contributed by atoms with E-state index in [0.29, 0.717) is 18.5 Å². The quantitative estimate of drug-likeness (QED) is 0.803. The van der Waals surface area contributed by atoms with E-state index >= 15 is 0 Å². The van der Waals surface area contributed by atoms with E-state index in [0.717, 1.165) is 5.56 Å². The molecule has 0 spiro atoms. The third-order valence-electron chi connectivity index (χ3n) is 2.18. The van der Waals surface area contributed by atoms with Gasteiger partial charge in [0, 0.05) is 6.20 Å². The van der Waals surface area contributed by atoms with Crippen molar-refractivity contribution in [3.05, 3.63) is 29.6 Å². The summed E-state index contributed by atoms with van der Waals surface area (Å²) in [6.07, 6.45) is 2.62. The van der Waals surface area contributed by atoms with Gasteiger partial charge in [0.25, 0.3) is 10.1 Å². The fourth-order valence-electron chi connectivity index (χ4n) is 1.45. The summed E-state index contributed by atoms with van der Waals surface area (Å²) in [4.78, 5) is 3.99. The SMILES string of the molecule is CCCC(c1cc(C)ccn1)S(=O)(=O)O. The van der Waals surface area contributed by atoms with Crippen LogP contribution in [0.5, 0.6) is 0 Å². The molecule has 0 saturated carbocycles. The molecule has 1 heterocycles. The maximum Gasteiger partial charge on any atom is 0.273 e. The van der Waals surface area contributed by atoms with Gasteiger partial charge in [-0.2, -0.15) is 8.42 Å². The van der Waals surface area contributed by atoms with Gasteiger partial charge in [-0.05, 0) is 31.0 Å². The summed E-state index contributed by atoms with van der Waals surface area (Å²) < 4.78 is 31.4. The highest BCUT2D eigenvalue weighted by Crippen LogP contribution is 2.25. The van der Waals surface area contributed by atoms with Gasteiger partial charge in [0.1, 0.15) is 5.25 Å². The fraction of sp³-hybridized carbons (Fsp3) is 0.500. The van der Waals surface area contributed by atoms with Gasteiger partial charge in [-0.3, -0.25) is 9.54 Å². The van der Waals surface area contributed by atoms with Crippen molar-refractivity contribution in [2.75, 3.05) is 0 Å². The summed E-state index contributed by atoms with van der Waals surface area (Å²) in [7, 11) is -4.06. The van der Waals surface area contributed by atoms with Crippen molar-refractivity contribution in [1.29, 1.82) is 0 Å². The maximum absolute atomic E-state index is 11.1. The first-order valence-corrected chi connectivity index (χ1v) is 6.34. The predicted molar refractivity (Wildman–Crippen MR) is 58.2 cm³/mol. The topological polar surface area (TPSA) is 67.3 Å². The fourth-order valence-corrected chi connectivity index (χ4v) is 2.41.